The largest absolute Gasteiger partial charge is 0.393 e. The van der Waals surface area contributed by atoms with Gasteiger partial charge in [0.1, 0.15) is 0 Å². The molecule has 0 aliphatic rings. The maximum Gasteiger partial charge on any atom is 0.0558 e. The predicted molar refractivity (Wildman–Crippen MR) is 58.9 cm³/mol. The van der Waals surface area contributed by atoms with Crippen LogP contribution in [0.4, 0.5) is 0 Å². The molecule has 0 aliphatic heterocycles. The zero-order chi connectivity index (χ0) is 10.4. The average molecular weight is 193 g/mol. The van der Waals surface area contributed by atoms with E-state index >= 15 is 0 Å². The molecule has 0 saturated heterocycles. The molecule has 0 aromatic heterocycles. The highest BCUT2D eigenvalue weighted by Gasteiger charge is 2.10. The molecule has 2 atom stereocenters. The molecule has 0 heterocycles. The van der Waals surface area contributed by atoms with E-state index in [1.807, 2.05) is 30.3 Å². The molecule has 3 N–H and O–H groups in total. The minimum Gasteiger partial charge on any atom is -0.393 e. The highest BCUT2D eigenvalue weighted by Crippen LogP contribution is 2.17. The first-order chi connectivity index (χ1) is 6.74. The molecule has 0 bridgehead atoms. The second kappa shape index (κ2) is 5.78. The van der Waals surface area contributed by atoms with Crippen LogP contribution >= 0.6 is 0 Å². The van der Waals surface area contributed by atoms with Crippen LogP contribution in [-0.4, -0.2) is 11.2 Å². The summed E-state index contributed by atoms with van der Waals surface area (Å²) < 4.78 is 0. The minimum absolute atomic E-state index is 0.0438. The third kappa shape index (κ3) is 3.48. The van der Waals surface area contributed by atoms with Crippen LogP contribution in [0, 0.1) is 0 Å². The summed E-state index contributed by atoms with van der Waals surface area (Å²) in [6, 6.07) is 9.88. The van der Waals surface area contributed by atoms with Crippen LogP contribution < -0.4 is 5.73 Å². The van der Waals surface area contributed by atoms with E-state index in [0.29, 0.717) is 6.42 Å². The van der Waals surface area contributed by atoms with Crippen molar-refractivity contribution >= 4 is 0 Å². The molecule has 0 aliphatic carbocycles. The molecule has 1 aromatic carbocycles. The van der Waals surface area contributed by atoms with Crippen molar-refractivity contribution in [2.24, 2.45) is 5.73 Å². The monoisotopic (exact) mass is 193 g/mol. The molecule has 0 radical (unpaired) electrons. The van der Waals surface area contributed by atoms with Gasteiger partial charge < -0.3 is 10.8 Å². The Morgan fingerprint density at radius 2 is 1.93 bits per heavy atom. The van der Waals surface area contributed by atoms with Gasteiger partial charge in [-0.05, 0) is 18.4 Å². The number of rotatable bonds is 5. The Morgan fingerprint density at radius 1 is 1.29 bits per heavy atom. The number of aliphatic hydroxyl groups excluding tert-OH is 1. The van der Waals surface area contributed by atoms with Crippen molar-refractivity contribution in [2.45, 2.75) is 38.3 Å². The van der Waals surface area contributed by atoms with Crippen LogP contribution in [-0.2, 0) is 0 Å². The van der Waals surface area contributed by atoms with Crippen LogP contribution in [0.5, 0.6) is 0 Å². The van der Waals surface area contributed by atoms with Gasteiger partial charge in [0.25, 0.3) is 0 Å². The number of nitrogens with two attached hydrogens (primary N) is 1. The number of hydrogen-bond donors (Lipinski definition) is 2. The fourth-order valence-corrected chi connectivity index (χ4v) is 1.58. The Bertz CT molecular complexity index is 248. The Morgan fingerprint density at radius 3 is 2.50 bits per heavy atom. The Balaban J connectivity index is 2.46. The fraction of sp³-hybridized carbons (Fsp3) is 0.500. The summed E-state index contributed by atoms with van der Waals surface area (Å²) in [6.45, 7) is 2.07. The lowest BCUT2D eigenvalue weighted by molar-refractivity contribution is 0.145. The Labute approximate surface area is 85.8 Å². The van der Waals surface area contributed by atoms with Gasteiger partial charge >= 0.3 is 0 Å². The summed E-state index contributed by atoms with van der Waals surface area (Å²) >= 11 is 0. The van der Waals surface area contributed by atoms with E-state index in [1.54, 1.807) is 0 Å². The summed E-state index contributed by atoms with van der Waals surface area (Å²) in [5.41, 5.74) is 7.07. The Kier molecular flexibility index (Phi) is 4.63. The van der Waals surface area contributed by atoms with Crippen LogP contribution in [0.25, 0.3) is 0 Å². The summed E-state index contributed by atoms with van der Waals surface area (Å²) in [5, 5.41) is 9.60. The SMILES string of the molecule is CCCC(O)CC(N)c1ccccc1. The highest BCUT2D eigenvalue weighted by atomic mass is 16.3. The molecule has 0 saturated carbocycles. The van der Waals surface area contributed by atoms with Crippen molar-refractivity contribution in [3.8, 4) is 0 Å². The van der Waals surface area contributed by atoms with Gasteiger partial charge in [-0.25, -0.2) is 0 Å². The topological polar surface area (TPSA) is 46.2 Å². The lowest BCUT2D eigenvalue weighted by Gasteiger charge is -2.16. The molecule has 1 aromatic rings. The van der Waals surface area contributed by atoms with Crippen LogP contribution in [0.3, 0.4) is 0 Å². The van der Waals surface area contributed by atoms with Crippen LogP contribution in [0.2, 0.25) is 0 Å². The number of benzene rings is 1. The third-order valence-electron chi connectivity index (χ3n) is 2.38. The van der Waals surface area contributed by atoms with Gasteiger partial charge in [0.15, 0.2) is 0 Å². The fourth-order valence-electron chi connectivity index (χ4n) is 1.58. The molecule has 2 heteroatoms. The second-order valence-corrected chi connectivity index (χ2v) is 3.70. The molecular weight excluding hydrogens is 174 g/mol. The predicted octanol–water partition coefficient (Wildman–Crippen LogP) is 2.24. The zero-order valence-electron chi connectivity index (χ0n) is 8.69. The van der Waals surface area contributed by atoms with Crippen molar-refractivity contribution in [3.63, 3.8) is 0 Å². The maximum absolute atomic E-state index is 9.60. The van der Waals surface area contributed by atoms with Crippen molar-refractivity contribution in [2.75, 3.05) is 0 Å². The number of hydrogen-bond acceptors (Lipinski definition) is 2. The first-order valence-electron chi connectivity index (χ1n) is 5.22. The van der Waals surface area contributed by atoms with Crippen molar-refractivity contribution in [1.82, 2.24) is 0 Å². The summed E-state index contributed by atoms with van der Waals surface area (Å²) in [5.74, 6) is 0. The second-order valence-electron chi connectivity index (χ2n) is 3.70. The average Bonchev–Trinajstić information content (AvgIpc) is 2.19. The Hall–Kier alpha value is -0.860. The molecule has 78 valence electrons. The smallest absolute Gasteiger partial charge is 0.0558 e. The van der Waals surface area contributed by atoms with Gasteiger partial charge in [0, 0.05) is 6.04 Å². The zero-order valence-corrected chi connectivity index (χ0v) is 8.69. The van der Waals surface area contributed by atoms with E-state index in [0.717, 1.165) is 18.4 Å². The standard InChI is InChI=1S/C12H19NO/c1-2-6-11(14)9-12(13)10-7-4-3-5-8-10/h3-5,7-8,11-12,14H,2,6,9,13H2,1H3. The summed E-state index contributed by atoms with van der Waals surface area (Å²) in [4.78, 5) is 0. The van der Waals surface area contributed by atoms with E-state index < -0.39 is 0 Å². The van der Waals surface area contributed by atoms with Crippen LogP contribution in [0.15, 0.2) is 30.3 Å². The molecule has 0 fully saturated rings. The molecule has 0 spiro atoms. The lowest BCUT2D eigenvalue weighted by Crippen LogP contribution is -2.18. The van der Waals surface area contributed by atoms with E-state index in [-0.39, 0.29) is 12.1 Å². The van der Waals surface area contributed by atoms with E-state index in [4.69, 9.17) is 5.73 Å². The first kappa shape index (κ1) is 11.2. The van der Waals surface area contributed by atoms with Crippen molar-refractivity contribution in [3.05, 3.63) is 35.9 Å². The summed E-state index contributed by atoms with van der Waals surface area (Å²) in [7, 11) is 0. The van der Waals surface area contributed by atoms with Gasteiger partial charge in [-0.2, -0.15) is 0 Å². The number of aliphatic hydroxyl groups is 1. The van der Waals surface area contributed by atoms with Gasteiger partial charge in [0.05, 0.1) is 6.10 Å². The first-order valence-corrected chi connectivity index (χ1v) is 5.22. The molecule has 1 rings (SSSR count). The van der Waals surface area contributed by atoms with Gasteiger partial charge in [-0.3, -0.25) is 0 Å². The maximum atomic E-state index is 9.60. The van der Waals surface area contributed by atoms with Crippen LogP contribution in [0.1, 0.15) is 37.8 Å². The van der Waals surface area contributed by atoms with Gasteiger partial charge in [-0.1, -0.05) is 43.7 Å². The van der Waals surface area contributed by atoms with E-state index in [2.05, 4.69) is 6.92 Å². The minimum atomic E-state index is -0.268. The van der Waals surface area contributed by atoms with E-state index in [1.165, 1.54) is 0 Å². The molecular formula is C12H19NO. The molecule has 14 heavy (non-hydrogen) atoms. The quantitative estimate of drug-likeness (QED) is 0.753. The lowest BCUT2D eigenvalue weighted by atomic mass is 10.00. The van der Waals surface area contributed by atoms with E-state index in [9.17, 15) is 5.11 Å². The van der Waals surface area contributed by atoms with Gasteiger partial charge in [0.2, 0.25) is 0 Å². The summed E-state index contributed by atoms with van der Waals surface area (Å²) in [6.07, 6.45) is 2.22. The molecule has 0 amide bonds. The highest BCUT2D eigenvalue weighted by molar-refractivity contribution is 5.18. The normalized spacial score (nSPS) is 15.1. The van der Waals surface area contributed by atoms with Crippen molar-refractivity contribution < 1.29 is 5.11 Å². The molecule has 2 unspecified atom stereocenters. The van der Waals surface area contributed by atoms with Gasteiger partial charge in [-0.15, -0.1) is 0 Å². The molecule has 2 nitrogen and oxygen atoms in total. The van der Waals surface area contributed by atoms with Crippen molar-refractivity contribution in [1.29, 1.82) is 0 Å². The third-order valence-corrected chi connectivity index (χ3v) is 2.38.